The molecular formula is C69H45N3. The summed E-state index contributed by atoms with van der Waals surface area (Å²) >= 11 is 0. The standard InChI is InChI=1S/C69H45N3/c1-6-20-46(21-7-1)49-35-39-66-59(42-49)60-43-50(47-22-8-2-9-23-47)36-40-67(60)72(66)65-41-38-57(54-30-16-17-32-58(54)65)64-45-63(70-68(71-64)48-24-10-3-11-25-48)51-34-37-56-55-31-18-19-33-61(55)69(62(56)44-51,52-26-12-4-13-27-52)53-28-14-5-15-29-53/h1-45H. The first-order chi connectivity index (χ1) is 35.7. The first kappa shape index (κ1) is 41.5. The van der Waals surface area contributed by atoms with Gasteiger partial charge in [-0.2, -0.15) is 0 Å². The first-order valence-electron chi connectivity index (χ1n) is 24.7. The van der Waals surface area contributed by atoms with Crippen LogP contribution >= 0.6 is 0 Å². The van der Waals surface area contributed by atoms with Crippen molar-refractivity contribution in [2.24, 2.45) is 0 Å². The molecule has 336 valence electrons. The Morgan fingerprint density at radius 2 is 0.750 bits per heavy atom. The van der Waals surface area contributed by atoms with Crippen LogP contribution in [0.1, 0.15) is 22.3 Å². The van der Waals surface area contributed by atoms with Gasteiger partial charge in [0, 0.05) is 32.8 Å². The average molecular weight is 916 g/mol. The normalized spacial score (nSPS) is 12.6. The smallest absolute Gasteiger partial charge is 0.160 e. The van der Waals surface area contributed by atoms with E-state index in [-0.39, 0.29) is 0 Å². The van der Waals surface area contributed by atoms with Crippen LogP contribution in [0.4, 0.5) is 0 Å². The van der Waals surface area contributed by atoms with Crippen LogP contribution in [-0.2, 0) is 5.41 Å². The number of benzene rings is 11. The Kier molecular flexibility index (Phi) is 9.75. The van der Waals surface area contributed by atoms with Gasteiger partial charge in [-0.05, 0) is 103 Å². The second kappa shape index (κ2) is 16.9. The Hall–Kier alpha value is -9.44. The molecule has 0 amide bonds. The van der Waals surface area contributed by atoms with Crippen molar-refractivity contribution in [3.8, 4) is 73.0 Å². The number of rotatable bonds is 8. The van der Waals surface area contributed by atoms with E-state index in [1.54, 1.807) is 0 Å². The highest BCUT2D eigenvalue weighted by atomic mass is 15.0. The Morgan fingerprint density at radius 3 is 1.36 bits per heavy atom. The van der Waals surface area contributed by atoms with Crippen LogP contribution < -0.4 is 0 Å². The van der Waals surface area contributed by atoms with Gasteiger partial charge in [-0.25, -0.2) is 9.97 Å². The molecular weight excluding hydrogens is 871 g/mol. The maximum atomic E-state index is 5.43. The van der Waals surface area contributed by atoms with Crippen molar-refractivity contribution >= 4 is 32.6 Å². The average Bonchev–Trinajstić information content (AvgIpc) is 3.95. The lowest BCUT2D eigenvalue weighted by molar-refractivity contribution is 0.768. The van der Waals surface area contributed by atoms with Crippen molar-refractivity contribution in [1.82, 2.24) is 14.5 Å². The molecule has 72 heavy (non-hydrogen) atoms. The summed E-state index contributed by atoms with van der Waals surface area (Å²) in [6.07, 6.45) is 0. The molecule has 0 N–H and O–H groups in total. The van der Waals surface area contributed by atoms with E-state index < -0.39 is 5.41 Å². The van der Waals surface area contributed by atoms with Crippen LogP contribution in [0, 0.1) is 0 Å². The van der Waals surface area contributed by atoms with E-state index in [0.717, 1.165) is 55.6 Å². The highest BCUT2D eigenvalue weighted by Crippen LogP contribution is 2.57. The molecule has 2 heterocycles. The zero-order valence-electron chi connectivity index (χ0n) is 39.3. The number of hydrogen-bond acceptors (Lipinski definition) is 2. The minimum absolute atomic E-state index is 0.534. The lowest BCUT2D eigenvalue weighted by Crippen LogP contribution is -2.28. The molecule has 0 fully saturated rings. The summed E-state index contributed by atoms with van der Waals surface area (Å²) in [7, 11) is 0. The summed E-state index contributed by atoms with van der Waals surface area (Å²) in [5.41, 5.74) is 19.9. The Labute approximate surface area is 418 Å². The van der Waals surface area contributed by atoms with E-state index in [9.17, 15) is 0 Å². The predicted octanol–water partition coefficient (Wildman–Crippen LogP) is 17.4. The Bertz CT molecular complexity index is 4040. The summed E-state index contributed by atoms with van der Waals surface area (Å²) in [5.74, 6) is 0.684. The number of hydrogen-bond donors (Lipinski definition) is 0. The molecule has 0 aliphatic heterocycles. The fourth-order valence-electron chi connectivity index (χ4n) is 11.7. The quantitative estimate of drug-likeness (QED) is 0.152. The largest absolute Gasteiger partial charge is 0.309 e. The topological polar surface area (TPSA) is 30.7 Å². The highest BCUT2D eigenvalue weighted by Gasteiger charge is 2.46. The zero-order valence-corrected chi connectivity index (χ0v) is 39.3. The van der Waals surface area contributed by atoms with Crippen LogP contribution in [0.25, 0.3) is 106 Å². The van der Waals surface area contributed by atoms with Gasteiger partial charge < -0.3 is 4.57 Å². The fraction of sp³-hybridized carbons (Fsp3) is 0.0145. The SMILES string of the molecule is c1ccc(-c2ccc3c(c2)c2cc(-c4ccccc4)ccc2n3-c2ccc(-c3cc(-c4ccc5c(c4)C(c4ccccc4)(c4ccccc4)c4ccccc4-5)nc(-c4ccccc4)n3)c3ccccc23)cc1. The maximum absolute atomic E-state index is 5.43. The van der Waals surface area contributed by atoms with Gasteiger partial charge in [0.05, 0.1) is 33.5 Å². The third-order valence-electron chi connectivity index (χ3n) is 14.9. The Balaban J connectivity index is 0.972. The molecule has 14 rings (SSSR count). The summed E-state index contributed by atoms with van der Waals surface area (Å²) in [6, 6.07) is 99.0. The predicted molar refractivity (Wildman–Crippen MR) is 298 cm³/mol. The van der Waals surface area contributed by atoms with Crippen LogP contribution in [0.15, 0.2) is 273 Å². The van der Waals surface area contributed by atoms with Gasteiger partial charge in [0.15, 0.2) is 5.82 Å². The third kappa shape index (κ3) is 6.59. The third-order valence-corrected chi connectivity index (χ3v) is 14.9. The van der Waals surface area contributed by atoms with E-state index in [1.165, 1.54) is 66.4 Å². The van der Waals surface area contributed by atoms with Crippen LogP contribution in [0.2, 0.25) is 0 Å². The summed E-state index contributed by atoms with van der Waals surface area (Å²) in [6.45, 7) is 0. The molecule has 0 atom stereocenters. The van der Waals surface area contributed by atoms with Gasteiger partial charge in [-0.1, -0.05) is 231 Å². The molecule has 0 saturated carbocycles. The van der Waals surface area contributed by atoms with Gasteiger partial charge in [0.25, 0.3) is 0 Å². The molecule has 0 spiro atoms. The van der Waals surface area contributed by atoms with Crippen molar-refractivity contribution in [1.29, 1.82) is 0 Å². The molecule has 2 aromatic heterocycles. The van der Waals surface area contributed by atoms with Crippen molar-refractivity contribution in [3.63, 3.8) is 0 Å². The van der Waals surface area contributed by atoms with Gasteiger partial charge in [-0.3, -0.25) is 0 Å². The van der Waals surface area contributed by atoms with Gasteiger partial charge in [0.1, 0.15) is 0 Å². The second-order valence-electron chi connectivity index (χ2n) is 18.8. The fourth-order valence-corrected chi connectivity index (χ4v) is 11.7. The van der Waals surface area contributed by atoms with E-state index in [4.69, 9.17) is 9.97 Å². The van der Waals surface area contributed by atoms with Gasteiger partial charge in [0.2, 0.25) is 0 Å². The molecule has 0 saturated heterocycles. The minimum atomic E-state index is -0.534. The number of nitrogens with zero attached hydrogens (tertiary/aromatic N) is 3. The minimum Gasteiger partial charge on any atom is -0.309 e. The van der Waals surface area contributed by atoms with Crippen molar-refractivity contribution in [2.45, 2.75) is 5.41 Å². The number of aromatic nitrogens is 3. The molecule has 0 unspecified atom stereocenters. The van der Waals surface area contributed by atoms with Crippen LogP contribution in [-0.4, -0.2) is 14.5 Å². The first-order valence-corrected chi connectivity index (χ1v) is 24.7. The van der Waals surface area contributed by atoms with Crippen molar-refractivity contribution in [3.05, 3.63) is 295 Å². The molecule has 13 aromatic rings. The lowest BCUT2D eigenvalue weighted by atomic mass is 9.67. The highest BCUT2D eigenvalue weighted by molar-refractivity contribution is 6.13. The molecule has 1 aliphatic carbocycles. The second-order valence-corrected chi connectivity index (χ2v) is 18.8. The van der Waals surface area contributed by atoms with Crippen LogP contribution in [0.5, 0.6) is 0 Å². The summed E-state index contributed by atoms with van der Waals surface area (Å²) in [4.78, 5) is 10.8. The molecule has 0 radical (unpaired) electrons. The van der Waals surface area contributed by atoms with Crippen LogP contribution in [0.3, 0.4) is 0 Å². The van der Waals surface area contributed by atoms with E-state index >= 15 is 0 Å². The van der Waals surface area contributed by atoms with E-state index in [0.29, 0.717) is 5.82 Å². The van der Waals surface area contributed by atoms with Crippen molar-refractivity contribution in [2.75, 3.05) is 0 Å². The summed E-state index contributed by atoms with van der Waals surface area (Å²) < 4.78 is 2.45. The zero-order chi connectivity index (χ0) is 47.6. The molecule has 3 heteroatoms. The van der Waals surface area contributed by atoms with E-state index in [1.807, 2.05) is 6.07 Å². The Morgan fingerprint density at radius 1 is 0.278 bits per heavy atom. The molecule has 3 nitrogen and oxygen atoms in total. The van der Waals surface area contributed by atoms with Gasteiger partial charge >= 0.3 is 0 Å². The lowest BCUT2D eigenvalue weighted by Gasteiger charge is -2.34. The van der Waals surface area contributed by atoms with E-state index in [2.05, 4.69) is 271 Å². The molecule has 0 bridgehead atoms. The molecule has 11 aromatic carbocycles. The maximum Gasteiger partial charge on any atom is 0.160 e. The molecule has 1 aliphatic rings. The summed E-state index contributed by atoms with van der Waals surface area (Å²) in [5, 5.41) is 4.68. The number of fused-ring (bicyclic) bond motifs is 7. The monoisotopic (exact) mass is 915 g/mol. The van der Waals surface area contributed by atoms with Crippen molar-refractivity contribution < 1.29 is 0 Å². The van der Waals surface area contributed by atoms with Gasteiger partial charge in [-0.15, -0.1) is 0 Å².